The van der Waals surface area contributed by atoms with Gasteiger partial charge in [0.05, 0.1) is 0 Å². The predicted molar refractivity (Wildman–Crippen MR) is 71.3 cm³/mol. The zero-order chi connectivity index (χ0) is 12.8. The first-order chi connectivity index (χ1) is 8.81. The van der Waals surface area contributed by atoms with Crippen molar-refractivity contribution >= 4 is 5.78 Å². The molecule has 0 bridgehead atoms. The van der Waals surface area contributed by atoms with Gasteiger partial charge in [0.25, 0.3) is 0 Å². The van der Waals surface area contributed by atoms with Crippen molar-refractivity contribution in [2.75, 3.05) is 7.11 Å². The van der Waals surface area contributed by atoms with Crippen LogP contribution in [0.1, 0.15) is 17.2 Å². The molecular weight excluding hydrogens is 224 g/mol. The van der Waals surface area contributed by atoms with E-state index in [4.69, 9.17) is 4.74 Å². The Hall–Kier alpha value is -1.93. The molecule has 0 saturated carbocycles. The quantitative estimate of drug-likeness (QED) is 0.802. The highest BCUT2D eigenvalue weighted by Crippen LogP contribution is 2.19. The molecular formula is C16H16O2. The Morgan fingerprint density at radius 1 is 1.00 bits per heavy atom. The average molecular weight is 240 g/mol. The van der Waals surface area contributed by atoms with E-state index in [0.717, 1.165) is 11.1 Å². The minimum Gasteiger partial charge on any atom is -0.369 e. The van der Waals surface area contributed by atoms with Gasteiger partial charge in [0.1, 0.15) is 6.10 Å². The topological polar surface area (TPSA) is 26.3 Å². The van der Waals surface area contributed by atoms with Crippen LogP contribution in [0.2, 0.25) is 0 Å². The summed E-state index contributed by atoms with van der Waals surface area (Å²) < 4.78 is 5.32. The first-order valence-electron chi connectivity index (χ1n) is 5.95. The average Bonchev–Trinajstić information content (AvgIpc) is 2.42. The van der Waals surface area contributed by atoms with Crippen LogP contribution in [0.25, 0.3) is 0 Å². The second kappa shape index (κ2) is 6.12. The van der Waals surface area contributed by atoms with Crippen LogP contribution in [0.4, 0.5) is 0 Å². The summed E-state index contributed by atoms with van der Waals surface area (Å²) in [6, 6.07) is 19.3. The third kappa shape index (κ3) is 3.05. The summed E-state index contributed by atoms with van der Waals surface area (Å²) in [5.41, 5.74) is 1.92. The summed E-state index contributed by atoms with van der Waals surface area (Å²) in [5, 5.41) is 0. The Balaban J connectivity index is 2.12. The largest absolute Gasteiger partial charge is 0.369 e. The fourth-order valence-corrected chi connectivity index (χ4v) is 1.97. The maximum Gasteiger partial charge on any atom is 0.170 e. The van der Waals surface area contributed by atoms with Gasteiger partial charge in [-0.3, -0.25) is 4.79 Å². The van der Waals surface area contributed by atoms with Gasteiger partial charge in [0, 0.05) is 13.5 Å². The van der Waals surface area contributed by atoms with E-state index in [1.165, 1.54) is 0 Å². The molecule has 0 amide bonds. The predicted octanol–water partition coefficient (Wildman–Crippen LogP) is 3.19. The van der Waals surface area contributed by atoms with Gasteiger partial charge in [0.15, 0.2) is 5.78 Å². The summed E-state index contributed by atoms with van der Waals surface area (Å²) in [5.74, 6) is 0.0786. The Morgan fingerprint density at radius 3 is 2.11 bits per heavy atom. The van der Waals surface area contributed by atoms with E-state index in [9.17, 15) is 4.79 Å². The third-order valence-corrected chi connectivity index (χ3v) is 2.85. The summed E-state index contributed by atoms with van der Waals surface area (Å²) in [4.78, 5) is 12.2. The minimum atomic E-state index is -0.480. The maximum atomic E-state index is 12.2. The summed E-state index contributed by atoms with van der Waals surface area (Å²) >= 11 is 0. The van der Waals surface area contributed by atoms with Crippen molar-refractivity contribution < 1.29 is 9.53 Å². The number of Topliss-reactive ketones (excluding diaryl/α,β-unsaturated/α-hetero) is 1. The first-order valence-corrected chi connectivity index (χ1v) is 5.95. The molecule has 1 atom stereocenters. The van der Waals surface area contributed by atoms with Crippen molar-refractivity contribution in [1.29, 1.82) is 0 Å². The van der Waals surface area contributed by atoms with Crippen LogP contribution in [-0.2, 0) is 16.0 Å². The highest BCUT2D eigenvalue weighted by molar-refractivity contribution is 5.86. The van der Waals surface area contributed by atoms with E-state index >= 15 is 0 Å². The normalized spacial score (nSPS) is 12.1. The Kier molecular flexibility index (Phi) is 4.26. The molecule has 2 heteroatoms. The highest BCUT2D eigenvalue weighted by atomic mass is 16.5. The van der Waals surface area contributed by atoms with Crippen LogP contribution in [-0.4, -0.2) is 12.9 Å². The van der Waals surface area contributed by atoms with Gasteiger partial charge in [-0.25, -0.2) is 0 Å². The second-order valence-corrected chi connectivity index (χ2v) is 4.16. The molecule has 0 spiro atoms. The molecule has 2 rings (SSSR count). The smallest absolute Gasteiger partial charge is 0.170 e. The molecule has 0 radical (unpaired) electrons. The Morgan fingerprint density at radius 2 is 1.56 bits per heavy atom. The van der Waals surface area contributed by atoms with Gasteiger partial charge >= 0.3 is 0 Å². The van der Waals surface area contributed by atoms with Crippen molar-refractivity contribution in [3.8, 4) is 0 Å². The fourth-order valence-electron chi connectivity index (χ4n) is 1.97. The first kappa shape index (κ1) is 12.5. The van der Waals surface area contributed by atoms with Crippen molar-refractivity contribution in [3.05, 3.63) is 71.8 Å². The molecule has 92 valence electrons. The number of hydrogen-bond donors (Lipinski definition) is 0. The van der Waals surface area contributed by atoms with Gasteiger partial charge in [-0.2, -0.15) is 0 Å². The van der Waals surface area contributed by atoms with E-state index in [0.29, 0.717) is 6.42 Å². The number of hydrogen-bond acceptors (Lipinski definition) is 2. The zero-order valence-corrected chi connectivity index (χ0v) is 10.4. The van der Waals surface area contributed by atoms with Crippen LogP contribution in [0, 0.1) is 0 Å². The van der Waals surface area contributed by atoms with E-state index < -0.39 is 6.10 Å². The zero-order valence-electron chi connectivity index (χ0n) is 10.4. The Bertz CT molecular complexity index is 491. The van der Waals surface area contributed by atoms with E-state index in [-0.39, 0.29) is 5.78 Å². The molecule has 0 saturated heterocycles. The van der Waals surface area contributed by atoms with Gasteiger partial charge < -0.3 is 4.74 Å². The molecule has 0 N–H and O–H groups in total. The van der Waals surface area contributed by atoms with Gasteiger partial charge in [-0.05, 0) is 11.1 Å². The van der Waals surface area contributed by atoms with Crippen LogP contribution >= 0.6 is 0 Å². The molecule has 0 heterocycles. The molecule has 0 aliphatic heterocycles. The Labute approximate surface area is 107 Å². The molecule has 1 unspecified atom stereocenters. The maximum absolute atomic E-state index is 12.2. The van der Waals surface area contributed by atoms with Gasteiger partial charge in [-0.1, -0.05) is 60.7 Å². The van der Waals surface area contributed by atoms with E-state index in [2.05, 4.69) is 0 Å². The van der Waals surface area contributed by atoms with Crippen molar-refractivity contribution in [1.82, 2.24) is 0 Å². The molecule has 0 fully saturated rings. The molecule has 2 aromatic carbocycles. The summed E-state index contributed by atoms with van der Waals surface area (Å²) in [6.07, 6.45) is -0.0831. The summed E-state index contributed by atoms with van der Waals surface area (Å²) in [6.45, 7) is 0. The number of methoxy groups -OCH3 is 1. The van der Waals surface area contributed by atoms with Crippen molar-refractivity contribution in [3.63, 3.8) is 0 Å². The molecule has 2 nitrogen and oxygen atoms in total. The lowest BCUT2D eigenvalue weighted by molar-refractivity contribution is -0.128. The minimum absolute atomic E-state index is 0.0786. The molecule has 0 aliphatic carbocycles. The molecule has 0 aliphatic rings. The standard InChI is InChI=1S/C16H16O2/c1-18-16(14-10-6-3-7-11-14)15(17)12-13-8-4-2-5-9-13/h2-11,16H,12H2,1H3. The van der Waals surface area contributed by atoms with E-state index in [1.807, 2.05) is 60.7 Å². The number of carbonyl (C=O) groups is 1. The monoisotopic (exact) mass is 240 g/mol. The van der Waals surface area contributed by atoms with Crippen LogP contribution in [0.15, 0.2) is 60.7 Å². The fraction of sp³-hybridized carbons (Fsp3) is 0.188. The van der Waals surface area contributed by atoms with Crippen molar-refractivity contribution in [2.45, 2.75) is 12.5 Å². The van der Waals surface area contributed by atoms with Crippen LogP contribution in [0.3, 0.4) is 0 Å². The van der Waals surface area contributed by atoms with Crippen LogP contribution < -0.4 is 0 Å². The number of benzene rings is 2. The number of rotatable bonds is 5. The SMILES string of the molecule is COC(C(=O)Cc1ccccc1)c1ccccc1. The summed E-state index contributed by atoms with van der Waals surface area (Å²) in [7, 11) is 1.57. The lowest BCUT2D eigenvalue weighted by Gasteiger charge is -2.14. The number of ketones is 1. The third-order valence-electron chi connectivity index (χ3n) is 2.85. The molecule has 2 aromatic rings. The second-order valence-electron chi connectivity index (χ2n) is 4.16. The number of ether oxygens (including phenoxy) is 1. The molecule has 18 heavy (non-hydrogen) atoms. The van der Waals surface area contributed by atoms with Gasteiger partial charge in [0.2, 0.25) is 0 Å². The lowest BCUT2D eigenvalue weighted by Crippen LogP contribution is -2.16. The number of carbonyl (C=O) groups excluding carboxylic acids is 1. The highest BCUT2D eigenvalue weighted by Gasteiger charge is 2.19. The van der Waals surface area contributed by atoms with Crippen LogP contribution in [0.5, 0.6) is 0 Å². The van der Waals surface area contributed by atoms with Crippen molar-refractivity contribution in [2.24, 2.45) is 0 Å². The molecule has 0 aromatic heterocycles. The lowest BCUT2D eigenvalue weighted by atomic mass is 10.00. The van der Waals surface area contributed by atoms with E-state index in [1.54, 1.807) is 7.11 Å². The van der Waals surface area contributed by atoms with Gasteiger partial charge in [-0.15, -0.1) is 0 Å².